The Morgan fingerprint density at radius 3 is 2.33 bits per heavy atom. The van der Waals surface area contributed by atoms with Crippen LogP contribution in [0.15, 0.2) is 115 Å². The van der Waals surface area contributed by atoms with Gasteiger partial charge in [-0.3, -0.25) is 19.3 Å². The molecule has 9 rings (SSSR count). The maximum atomic E-state index is 16.6. The van der Waals surface area contributed by atoms with Gasteiger partial charge in [0.25, 0.3) is 11.8 Å². The topological polar surface area (TPSA) is 99.6 Å². The lowest BCUT2D eigenvalue weighted by Gasteiger charge is -2.37. The molecule has 5 aromatic rings. The van der Waals surface area contributed by atoms with Gasteiger partial charge in [-0.15, -0.1) is 0 Å². The van der Waals surface area contributed by atoms with Crippen molar-refractivity contribution in [3.8, 4) is 11.5 Å². The molecule has 0 aliphatic carbocycles. The highest BCUT2D eigenvalue weighted by molar-refractivity contribution is 6.72. The summed E-state index contributed by atoms with van der Waals surface area (Å²) >= 11 is 6.62. The number of halogens is 2. The van der Waals surface area contributed by atoms with Crippen LogP contribution in [-0.4, -0.2) is 54.9 Å². The molecule has 1 N–H and O–H groups in total. The van der Waals surface area contributed by atoms with Crippen molar-refractivity contribution in [2.45, 2.75) is 69.2 Å². The third kappa shape index (κ3) is 6.23. The number of fused-ring (bicyclic) bond motifs is 5. The average molecular weight is 816 g/mol. The number of hydrogen-bond donors (Lipinski definition) is 1. The van der Waals surface area contributed by atoms with Crippen LogP contribution in [-0.2, 0) is 39.4 Å². The molecule has 4 aliphatic heterocycles. The minimum absolute atomic E-state index is 0.131. The zero-order valence-electron chi connectivity index (χ0n) is 32.4. The van der Waals surface area contributed by atoms with Gasteiger partial charge in [-0.25, -0.2) is 0 Å². The van der Waals surface area contributed by atoms with Crippen LogP contribution in [0.25, 0.3) is 0 Å². The highest BCUT2D eigenvalue weighted by atomic mass is 35.5. The molecule has 1 fully saturated rings. The average Bonchev–Trinajstić information content (AvgIpc) is 3.58. The molecule has 5 atom stereocenters. The van der Waals surface area contributed by atoms with Gasteiger partial charge in [-0.05, 0) is 90.8 Å². The van der Waals surface area contributed by atoms with Gasteiger partial charge < -0.3 is 28.5 Å². The predicted octanol–water partition coefficient (Wildman–Crippen LogP) is 9.08. The van der Waals surface area contributed by atoms with Crippen molar-refractivity contribution in [3.05, 3.63) is 148 Å². The number of aliphatic hydroxyl groups excluding tert-OH is 1. The second kappa shape index (κ2) is 14.5. The minimum atomic E-state index is -3.57. The molecule has 296 valence electrons. The van der Waals surface area contributed by atoms with Gasteiger partial charge in [0.05, 0.1) is 48.7 Å². The van der Waals surface area contributed by atoms with Crippen molar-refractivity contribution in [1.29, 1.82) is 0 Å². The van der Waals surface area contributed by atoms with Crippen molar-refractivity contribution in [3.63, 3.8) is 0 Å². The summed E-state index contributed by atoms with van der Waals surface area (Å²) in [6.07, 6.45) is -0.501. The van der Waals surface area contributed by atoms with Crippen LogP contribution in [0.1, 0.15) is 46.0 Å². The molecule has 0 saturated carbocycles. The van der Waals surface area contributed by atoms with Crippen molar-refractivity contribution >= 4 is 54.8 Å². The molecule has 1 saturated heterocycles. The highest BCUT2D eigenvalue weighted by Crippen LogP contribution is 2.60. The number of carbonyl (C=O) groups excluding carboxylic acids is 3. The van der Waals surface area contributed by atoms with Crippen molar-refractivity contribution in [1.82, 2.24) is 4.90 Å². The van der Waals surface area contributed by atoms with E-state index in [4.69, 9.17) is 21.1 Å². The Kier molecular flexibility index (Phi) is 9.54. The Hall–Kier alpha value is -5.33. The van der Waals surface area contributed by atoms with Gasteiger partial charge in [-0.2, -0.15) is 0 Å². The largest absolute Gasteiger partial charge is 0.454 e. The summed E-state index contributed by atoms with van der Waals surface area (Å²) in [6, 6.07) is 34.7. The van der Waals surface area contributed by atoms with E-state index in [1.807, 2.05) is 85.8 Å². The Morgan fingerprint density at radius 2 is 1.59 bits per heavy atom. The Bertz CT molecular complexity index is 2460. The Morgan fingerprint density at radius 1 is 0.897 bits per heavy atom. The van der Waals surface area contributed by atoms with Gasteiger partial charge in [0, 0.05) is 34.3 Å². The number of anilines is 3. The number of hydrogen-bond acceptors (Lipinski definition) is 6. The maximum Gasteiger partial charge on any atom is 0.266 e. The number of aliphatic hydroxyl groups is 1. The number of para-hydroxylation sites is 3. The lowest BCUT2D eigenvalue weighted by atomic mass is 9.82. The van der Waals surface area contributed by atoms with E-state index in [2.05, 4.69) is 0 Å². The fourth-order valence-corrected chi connectivity index (χ4v) is 12.4. The Balaban J connectivity index is 1.02. The number of amides is 3. The van der Waals surface area contributed by atoms with E-state index in [0.717, 1.165) is 16.7 Å². The molecule has 0 bridgehead atoms. The summed E-state index contributed by atoms with van der Waals surface area (Å²) in [7, 11) is -3.57. The summed E-state index contributed by atoms with van der Waals surface area (Å²) in [4.78, 5) is 48.2. The summed E-state index contributed by atoms with van der Waals surface area (Å²) in [5.41, 5.74) is 3.43. The van der Waals surface area contributed by atoms with Crippen LogP contribution < -0.4 is 14.5 Å². The van der Waals surface area contributed by atoms with Crippen molar-refractivity contribution < 1.29 is 33.1 Å². The van der Waals surface area contributed by atoms with Crippen LogP contribution in [0.5, 0.6) is 11.5 Å². The minimum Gasteiger partial charge on any atom is -0.454 e. The molecule has 0 unspecified atom stereocenters. The summed E-state index contributed by atoms with van der Waals surface area (Å²) in [5, 5.41) is 10.7. The lowest BCUT2D eigenvalue weighted by molar-refractivity contribution is -0.151. The third-order valence-electron chi connectivity index (χ3n) is 12.4. The molecule has 0 radical (unpaired) electrons. The van der Waals surface area contributed by atoms with Crippen molar-refractivity contribution in [2.24, 2.45) is 5.92 Å². The predicted molar refractivity (Wildman–Crippen MR) is 223 cm³/mol. The van der Waals surface area contributed by atoms with Gasteiger partial charge in [0.15, 0.2) is 11.4 Å². The van der Waals surface area contributed by atoms with Crippen LogP contribution in [0.2, 0.25) is 23.7 Å². The number of nitrogens with zero attached hydrogens (tertiary/aromatic N) is 3. The van der Waals surface area contributed by atoms with Crippen LogP contribution in [0.3, 0.4) is 0 Å². The zero-order chi connectivity index (χ0) is 40.5. The SMILES string of the molecule is C[C@H]1[C@H]([Si](C)(C)F)[C@@H](CC(=O)N2Cc3ccccc3C[C@H]2CO)O[C@]12C(=O)N(Cc1ccc(N3C(=O)c4ccccc4Oc4ccccc43)cc1)c1ccc(Cl)cc12. The molecule has 1 spiro atoms. The zero-order valence-corrected chi connectivity index (χ0v) is 34.2. The second-order valence-corrected chi connectivity index (χ2v) is 20.5. The summed E-state index contributed by atoms with van der Waals surface area (Å²) in [5.74, 6) is -0.426. The standard InChI is InChI=1S/C46H43ClFN3O6Si/c1-28-43(58(2,3)48)41(24-42(53)49-26-31-11-5-4-10-30(31)22-34(49)27-52)57-46(28)36-23-32(47)18-21-37(36)50(45(46)55)25-29-16-19-33(20-17-29)51-38-13-7-9-15-40(38)56-39-14-8-6-12-35(39)44(51)54/h4-21,23,28,34,41,43,52H,22,24-27H2,1-3H3/t28-,34-,41+,43-,46+/m0/s1. The first-order valence-electron chi connectivity index (χ1n) is 19.6. The number of benzene rings is 5. The summed E-state index contributed by atoms with van der Waals surface area (Å²) in [6.45, 7) is 5.37. The quantitative estimate of drug-likeness (QED) is 0.130. The van der Waals surface area contributed by atoms with Gasteiger partial charge in [0.2, 0.25) is 14.3 Å². The molecule has 0 aromatic heterocycles. The fraction of sp³-hybridized carbons (Fsp3) is 0.283. The van der Waals surface area contributed by atoms with Crippen molar-refractivity contribution in [2.75, 3.05) is 16.4 Å². The molecule has 9 nitrogen and oxygen atoms in total. The van der Waals surface area contributed by atoms with E-state index in [0.29, 0.717) is 57.7 Å². The highest BCUT2D eigenvalue weighted by Gasteiger charge is 2.67. The maximum absolute atomic E-state index is 16.6. The van der Waals surface area contributed by atoms with E-state index in [9.17, 15) is 14.7 Å². The third-order valence-corrected chi connectivity index (χ3v) is 15.1. The fourth-order valence-electron chi connectivity index (χ4n) is 9.71. The molecule has 4 heterocycles. The first kappa shape index (κ1) is 38.2. The van der Waals surface area contributed by atoms with E-state index in [1.54, 1.807) is 64.2 Å². The first-order valence-corrected chi connectivity index (χ1v) is 23.0. The monoisotopic (exact) mass is 815 g/mol. The van der Waals surface area contributed by atoms with E-state index in [1.165, 1.54) is 0 Å². The molecule has 3 amide bonds. The van der Waals surface area contributed by atoms with Crippen LogP contribution in [0, 0.1) is 5.92 Å². The summed E-state index contributed by atoms with van der Waals surface area (Å²) < 4.78 is 29.7. The molecule has 5 aromatic carbocycles. The molecule has 4 aliphatic rings. The molecular formula is C46H43ClFN3O6Si. The van der Waals surface area contributed by atoms with E-state index in [-0.39, 0.29) is 37.3 Å². The smallest absolute Gasteiger partial charge is 0.266 e. The first-order chi connectivity index (χ1) is 27.9. The lowest BCUT2D eigenvalue weighted by Crippen LogP contribution is -2.48. The molecule has 12 heteroatoms. The number of rotatable bonds is 7. The van der Waals surface area contributed by atoms with Gasteiger partial charge in [0.1, 0.15) is 5.75 Å². The molecule has 58 heavy (non-hydrogen) atoms. The van der Waals surface area contributed by atoms with E-state index >= 15 is 8.90 Å². The number of carbonyl (C=O) groups is 3. The van der Waals surface area contributed by atoms with E-state index < -0.39 is 37.6 Å². The van der Waals surface area contributed by atoms with Crippen LogP contribution in [0.4, 0.5) is 21.2 Å². The van der Waals surface area contributed by atoms with Gasteiger partial charge >= 0.3 is 0 Å². The molecular weight excluding hydrogens is 773 g/mol. The Labute approximate surface area is 342 Å². The second-order valence-electron chi connectivity index (χ2n) is 16.2. The number of ether oxygens (including phenoxy) is 2. The van der Waals surface area contributed by atoms with Crippen LogP contribution >= 0.6 is 11.6 Å². The van der Waals surface area contributed by atoms with Gasteiger partial charge in [-0.1, -0.05) is 79.2 Å². The normalized spacial score (nSPS) is 23.6.